The van der Waals surface area contributed by atoms with Gasteiger partial charge in [-0.3, -0.25) is 4.79 Å². The predicted molar refractivity (Wildman–Crippen MR) is 133 cm³/mol. The summed E-state index contributed by atoms with van der Waals surface area (Å²) in [5, 5.41) is 2.94. The van der Waals surface area contributed by atoms with E-state index in [1.54, 1.807) is 18.2 Å². The molecule has 186 valence electrons. The van der Waals surface area contributed by atoms with Gasteiger partial charge in [-0.2, -0.15) is 0 Å². The first-order valence-corrected chi connectivity index (χ1v) is 12.0. The Morgan fingerprint density at radius 3 is 2.47 bits per heavy atom. The lowest BCUT2D eigenvalue weighted by Gasteiger charge is -2.26. The molecule has 10 heteroatoms. The second-order valence-electron chi connectivity index (χ2n) is 9.25. The molecule has 1 aromatic carbocycles. The number of carbonyl (C=O) groups excluding carboxylic acids is 1. The number of pyridine rings is 1. The summed E-state index contributed by atoms with van der Waals surface area (Å²) in [5.41, 5.74) is 1.55. The van der Waals surface area contributed by atoms with Crippen molar-refractivity contribution in [1.29, 1.82) is 0 Å². The summed E-state index contributed by atoms with van der Waals surface area (Å²) in [6.45, 7) is 7.28. The third kappa shape index (κ3) is 4.50. The Labute approximate surface area is 207 Å². The molecule has 1 aliphatic heterocycles. The minimum absolute atomic E-state index is 0.0395. The van der Waals surface area contributed by atoms with Crippen LogP contribution in [0.1, 0.15) is 55.3 Å². The molecule has 36 heavy (non-hydrogen) atoms. The van der Waals surface area contributed by atoms with Gasteiger partial charge in [-0.15, -0.1) is 0 Å². The van der Waals surface area contributed by atoms with Gasteiger partial charge in [-0.25, -0.2) is 28.7 Å². The number of carbonyl (C=O) groups is 1. The van der Waals surface area contributed by atoms with Crippen molar-refractivity contribution < 1.29 is 13.6 Å². The number of fused-ring (bicyclic) bond motifs is 1. The van der Waals surface area contributed by atoms with E-state index in [2.05, 4.69) is 25.3 Å². The first kappa shape index (κ1) is 23.8. The molecule has 1 fully saturated rings. The largest absolute Gasteiger partial charge is 0.339 e. The number of hydrogen-bond donors (Lipinski definition) is 1. The fourth-order valence-electron chi connectivity index (χ4n) is 4.68. The molecule has 1 amide bonds. The second kappa shape index (κ2) is 9.60. The minimum Gasteiger partial charge on any atom is -0.339 e. The Morgan fingerprint density at radius 1 is 1.00 bits per heavy atom. The monoisotopic (exact) mass is 491 g/mol. The van der Waals surface area contributed by atoms with Crippen molar-refractivity contribution in [3.63, 3.8) is 0 Å². The van der Waals surface area contributed by atoms with E-state index in [0.29, 0.717) is 22.7 Å². The number of imidazole rings is 1. The number of halogens is 2. The van der Waals surface area contributed by atoms with E-state index in [4.69, 9.17) is 0 Å². The minimum atomic E-state index is -0.679. The molecule has 0 radical (unpaired) electrons. The van der Waals surface area contributed by atoms with Gasteiger partial charge in [-0.1, -0.05) is 0 Å². The molecule has 0 saturated carbocycles. The highest BCUT2D eigenvalue weighted by molar-refractivity contribution is 5.94. The fourth-order valence-corrected chi connectivity index (χ4v) is 4.68. The molecule has 1 aliphatic rings. The van der Waals surface area contributed by atoms with Crippen LogP contribution in [0.2, 0.25) is 0 Å². The van der Waals surface area contributed by atoms with Crippen LogP contribution in [0.4, 0.5) is 20.5 Å². The SMILES string of the molecule is Cc1nc2c(F)cc(-c3nc(Nc4ccc(C(=O)N5CCCCC5)cn4)ncc3F)cc2n1C(C)C. The number of aromatic nitrogens is 5. The van der Waals surface area contributed by atoms with E-state index in [1.165, 1.54) is 12.3 Å². The zero-order valence-corrected chi connectivity index (χ0v) is 20.4. The van der Waals surface area contributed by atoms with Crippen molar-refractivity contribution >= 4 is 28.7 Å². The number of nitrogens with one attached hydrogen (secondary N) is 1. The fraction of sp³-hybridized carbons (Fsp3) is 0.346. The normalized spacial score (nSPS) is 14.0. The van der Waals surface area contributed by atoms with Crippen LogP contribution in [-0.4, -0.2) is 48.4 Å². The van der Waals surface area contributed by atoms with Gasteiger partial charge in [0.15, 0.2) is 11.6 Å². The van der Waals surface area contributed by atoms with Gasteiger partial charge in [0.2, 0.25) is 5.95 Å². The summed E-state index contributed by atoms with van der Waals surface area (Å²) in [6.07, 6.45) is 5.71. The number of amides is 1. The molecule has 0 unspecified atom stereocenters. The molecule has 0 aliphatic carbocycles. The molecular formula is C26H27F2N7O. The topological polar surface area (TPSA) is 88.8 Å². The second-order valence-corrected chi connectivity index (χ2v) is 9.25. The Hall–Kier alpha value is -3.95. The van der Waals surface area contributed by atoms with Crippen LogP contribution in [-0.2, 0) is 0 Å². The lowest BCUT2D eigenvalue weighted by atomic mass is 10.1. The standard InChI is InChI=1S/C26H27F2N7O/c1-15(2)35-16(3)31-24-19(27)11-18(12-21(24)35)23-20(28)14-30-26(33-23)32-22-8-7-17(13-29-22)25(36)34-9-5-4-6-10-34/h7-8,11-15H,4-6,9-10H2,1-3H3,(H,29,30,32,33). The summed E-state index contributed by atoms with van der Waals surface area (Å²) >= 11 is 0. The van der Waals surface area contributed by atoms with Gasteiger partial charge < -0.3 is 14.8 Å². The van der Waals surface area contributed by atoms with Crippen LogP contribution in [0, 0.1) is 18.6 Å². The summed E-state index contributed by atoms with van der Waals surface area (Å²) in [6, 6.07) is 6.31. The van der Waals surface area contributed by atoms with Gasteiger partial charge in [0.05, 0.1) is 17.3 Å². The highest BCUT2D eigenvalue weighted by Crippen LogP contribution is 2.30. The molecule has 1 N–H and O–H groups in total. The maximum absolute atomic E-state index is 14.9. The molecule has 1 saturated heterocycles. The molecule has 3 aromatic heterocycles. The van der Waals surface area contributed by atoms with Crippen molar-refractivity contribution in [2.75, 3.05) is 18.4 Å². The molecule has 4 aromatic rings. The van der Waals surface area contributed by atoms with Crippen LogP contribution in [0.15, 0.2) is 36.7 Å². The molecule has 8 nitrogen and oxygen atoms in total. The van der Waals surface area contributed by atoms with Crippen LogP contribution in [0.25, 0.3) is 22.3 Å². The van der Waals surface area contributed by atoms with Gasteiger partial charge in [0, 0.05) is 30.9 Å². The first-order valence-electron chi connectivity index (χ1n) is 12.0. The lowest BCUT2D eigenvalue weighted by Crippen LogP contribution is -2.35. The summed E-state index contributed by atoms with van der Waals surface area (Å²) in [5.74, 6) is -0.0895. The highest BCUT2D eigenvalue weighted by Gasteiger charge is 2.20. The number of rotatable bonds is 5. The van der Waals surface area contributed by atoms with E-state index in [9.17, 15) is 13.6 Å². The number of benzene rings is 1. The van der Waals surface area contributed by atoms with Crippen LogP contribution in [0.3, 0.4) is 0 Å². The molecule has 4 heterocycles. The van der Waals surface area contributed by atoms with E-state index in [-0.39, 0.29) is 34.7 Å². The molecular weight excluding hydrogens is 464 g/mol. The van der Waals surface area contributed by atoms with Crippen LogP contribution < -0.4 is 5.32 Å². The Balaban J connectivity index is 1.42. The van der Waals surface area contributed by atoms with Crippen LogP contribution in [0.5, 0.6) is 0 Å². The number of aryl methyl sites for hydroxylation is 1. The molecule has 5 rings (SSSR count). The quantitative estimate of drug-likeness (QED) is 0.401. The molecule has 0 spiro atoms. The van der Waals surface area contributed by atoms with E-state index in [0.717, 1.165) is 38.5 Å². The van der Waals surface area contributed by atoms with Crippen molar-refractivity contribution in [1.82, 2.24) is 29.4 Å². The number of anilines is 2. The number of piperidine rings is 1. The van der Waals surface area contributed by atoms with E-state index in [1.807, 2.05) is 30.2 Å². The van der Waals surface area contributed by atoms with Crippen molar-refractivity contribution in [3.05, 3.63) is 59.7 Å². The Kier molecular flexibility index (Phi) is 6.34. The average Bonchev–Trinajstić information content (AvgIpc) is 3.22. The number of nitrogens with zero attached hydrogens (tertiary/aromatic N) is 6. The van der Waals surface area contributed by atoms with Crippen molar-refractivity contribution in [3.8, 4) is 11.3 Å². The summed E-state index contributed by atoms with van der Waals surface area (Å²) in [4.78, 5) is 31.4. The average molecular weight is 492 g/mol. The maximum Gasteiger partial charge on any atom is 0.255 e. The van der Waals surface area contributed by atoms with Crippen LogP contribution >= 0.6 is 0 Å². The van der Waals surface area contributed by atoms with Gasteiger partial charge >= 0.3 is 0 Å². The van der Waals surface area contributed by atoms with Gasteiger partial charge in [0.1, 0.15) is 22.9 Å². The number of likely N-dealkylation sites (tertiary alicyclic amines) is 1. The van der Waals surface area contributed by atoms with Crippen molar-refractivity contribution in [2.45, 2.75) is 46.1 Å². The Morgan fingerprint density at radius 2 is 1.78 bits per heavy atom. The van der Waals surface area contributed by atoms with E-state index < -0.39 is 11.6 Å². The van der Waals surface area contributed by atoms with Crippen molar-refractivity contribution in [2.24, 2.45) is 0 Å². The molecule has 0 bridgehead atoms. The highest BCUT2D eigenvalue weighted by atomic mass is 19.1. The summed E-state index contributed by atoms with van der Waals surface area (Å²) in [7, 11) is 0. The van der Waals surface area contributed by atoms with Gasteiger partial charge in [-0.05, 0) is 64.3 Å². The van der Waals surface area contributed by atoms with Gasteiger partial charge in [0.25, 0.3) is 5.91 Å². The first-order chi connectivity index (χ1) is 17.3. The lowest BCUT2D eigenvalue weighted by molar-refractivity contribution is 0.0724. The summed E-state index contributed by atoms with van der Waals surface area (Å²) < 4.78 is 31.6. The third-order valence-electron chi connectivity index (χ3n) is 6.35. The Bertz CT molecular complexity index is 1430. The zero-order chi connectivity index (χ0) is 25.4. The molecule has 0 atom stereocenters. The maximum atomic E-state index is 14.9. The smallest absolute Gasteiger partial charge is 0.255 e. The predicted octanol–water partition coefficient (Wildman–Crippen LogP) is 5.43. The third-order valence-corrected chi connectivity index (χ3v) is 6.35. The zero-order valence-electron chi connectivity index (χ0n) is 20.4. The number of hydrogen-bond acceptors (Lipinski definition) is 6. The van der Waals surface area contributed by atoms with E-state index >= 15 is 0 Å².